The third kappa shape index (κ3) is 6.08. The van der Waals surface area contributed by atoms with Crippen molar-refractivity contribution in [3.05, 3.63) is 59.2 Å². The Kier molecular flexibility index (Phi) is 7.34. The third-order valence-electron chi connectivity index (χ3n) is 5.04. The zero-order valence-corrected chi connectivity index (χ0v) is 17.8. The summed E-state index contributed by atoms with van der Waals surface area (Å²) in [6.45, 7) is 3.46. The Morgan fingerprint density at radius 1 is 1.19 bits per heavy atom. The minimum absolute atomic E-state index is 0.0604. The lowest BCUT2D eigenvalue weighted by Crippen LogP contribution is -2.46. The van der Waals surface area contributed by atoms with Gasteiger partial charge in [0.25, 0.3) is 0 Å². The van der Waals surface area contributed by atoms with E-state index in [-0.39, 0.29) is 10.7 Å². The molecule has 0 unspecified atom stereocenters. The molecule has 10 heteroatoms. The normalized spacial score (nSPS) is 15.3. The van der Waals surface area contributed by atoms with Crippen LogP contribution in [0, 0.1) is 0 Å². The smallest absolute Gasteiger partial charge is 0.417 e. The van der Waals surface area contributed by atoms with Gasteiger partial charge in [0.1, 0.15) is 5.75 Å². The van der Waals surface area contributed by atoms with Gasteiger partial charge in [0, 0.05) is 49.5 Å². The van der Waals surface area contributed by atoms with Gasteiger partial charge in [0.05, 0.1) is 18.9 Å². The van der Waals surface area contributed by atoms with Crippen LogP contribution in [0.4, 0.5) is 18.9 Å². The van der Waals surface area contributed by atoms with Crippen molar-refractivity contribution in [3.63, 3.8) is 0 Å². The number of methoxy groups -OCH3 is 1. The molecule has 1 aliphatic heterocycles. The molecule has 0 radical (unpaired) electrons. The average molecular weight is 452 g/mol. The molecule has 31 heavy (non-hydrogen) atoms. The SMILES string of the molecule is COc1ccccc1CN1CCN(c2ccc(C=NNC(N)=S)c(C(F)(F)F)c2)CC1. The van der Waals surface area contributed by atoms with Crippen molar-refractivity contribution in [1.29, 1.82) is 0 Å². The summed E-state index contributed by atoms with van der Waals surface area (Å²) < 4.78 is 46.2. The van der Waals surface area contributed by atoms with Crippen molar-refractivity contribution in [2.24, 2.45) is 10.8 Å². The van der Waals surface area contributed by atoms with Crippen LogP contribution in [0.15, 0.2) is 47.6 Å². The molecule has 3 N–H and O–H groups in total. The molecule has 1 aliphatic rings. The first kappa shape index (κ1) is 22.8. The molecule has 166 valence electrons. The molecule has 0 aliphatic carbocycles. The Morgan fingerprint density at radius 3 is 2.55 bits per heavy atom. The van der Waals surface area contributed by atoms with Gasteiger partial charge in [0.2, 0.25) is 0 Å². The summed E-state index contributed by atoms with van der Waals surface area (Å²) in [5.74, 6) is 0.835. The molecule has 0 aromatic heterocycles. The van der Waals surface area contributed by atoms with Gasteiger partial charge in [-0.3, -0.25) is 10.3 Å². The molecular weight excluding hydrogens is 427 g/mol. The van der Waals surface area contributed by atoms with Gasteiger partial charge >= 0.3 is 6.18 Å². The first-order valence-corrected chi connectivity index (χ1v) is 10.1. The van der Waals surface area contributed by atoms with Gasteiger partial charge < -0.3 is 15.4 Å². The fraction of sp³-hybridized carbons (Fsp3) is 0.333. The number of ether oxygens (including phenoxy) is 1. The monoisotopic (exact) mass is 451 g/mol. The molecule has 0 bridgehead atoms. The molecule has 0 atom stereocenters. The highest BCUT2D eigenvalue weighted by Gasteiger charge is 2.34. The molecule has 1 fully saturated rings. The lowest BCUT2D eigenvalue weighted by atomic mass is 10.1. The number of para-hydroxylation sites is 1. The summed E-state index contributed by atoms with van der Waals surface area (Å²) in [5, 5.41) is 3.53. The molecule has 0 spiro atoms. The second-order valence-corrected chi connectivity index (χ2v) is 7.52. The maximum absolute atomic E-state index is 13.6. The van der Waals surface area contributed by atoms with Gasteiger partial charge in [-0.25, -0.2) is 0 Å². The minimum Gasteiger partial charge on any atom is -0.496 e. The summed E-state index contributed by atoms with van der Waals surface area (Å²) in [7, 11) is 1.64. The number of nitrogens with one attached hydrogen (secondary N) is 1. The topological polar surface area (TPSA) is 66.1 Å². The number of benzene rings is 2. The average Bonchev–Trinajstić information content (AvgIpc) is 2.74. The van der Waals surface area contributed by atoms with Crippen molar-refractivity contribution < 1.29 is 17.9 Å². The van der Waals surface area contributed by atoms with Crippen LogP contribution in [-0.2, 0) is 12.7 Å². The quantitative estimate of drug-likeness (QED) is 0.400. The Balaban J connectivity index is 1.69. The van der Waals surface area contributed by atoms with Crippen molar-refractivity contribution in [1.82, 2.24) is 10.3 Å². The lowest BCUT2D eigenvalue weighted by Gasteiger charge is -2.36. The second kappa shape index (κ2) is 9.97. The van der Waals surface area contributed by atoms with E-state index >= 15 is 0 Å². The summed E-state index contributed by atoms with van der Waals surface area (Å²) in [6.07, 6.45) is -3.44. The fourth-order valence-electron chi connectivity index (χ4n) is 3.50. The van der Waals surface area contributed by atoms with Crippen molar-refractivity contribution in [2.45, 2.75) is 12.7 Å². The summed E-state index contributed by atoms with van der Waals surface area (Å²) in [4.78, 5) is 4.23. The zero-order valence-electron chi connectivity index (χ0n) is 17.0. The number of hydrogen-bond donors (Lipinski definition) is 2. The van der Waals surface area contributed by atoms with Crippen molar-refractivity contribution >= 4 is 29.2 Å². The van der Waals surface area contributed by atoms with E-state index in [9.17, 15) is 13.2 Å². The number of nitrogens with zero attached hydrogens (tertiary/aromatic N) is 3. The number of alkyl halides is 3. The first-order valence-electron chi connectivity index (χ1n) is 9.67. The van der Waals surface area contributed by atoms with Crippen LogP contribution in [0.5, 0.6) is 5.75 Å². The van der Waals surface area contributed by atoms with E-state index in [4.69, 9.17) is 10.5 Å². The maximum atomic E-state index is 13.6. The van der Waals surface area contributed by atoms with Crippen LogP contribution >= 0.6 is 12.2 Å². The molecule has 0 amide bonds. The van der Waals surface area contributed by atoms with Crippen LogP contribution in [0.3, 0.4) is 0 Å². The van der Waals surface area contributed by atoms with Crippen LogP contribution in [0.25, 0.3) is 0 Å². The van der Waals surface area contributed by atoms with Crippen LogP contribution in [0.1, 0.15) is 16.7 Å². The van der Waals surface area contributed by atoms with Gasteiger partial charge in [-0.2, -0.15) is 18.3 Å². The molecule has 2 aromatic carbocycles. The van der Waals surface area contributed by atoms with Crippen LogP contribution in [0.2, 0.25) is 0 Å². The molecule has 1 saturated heterocycles. The van der Waals surface area contributed by atoms with Gasteiger partial charge in [-0.1, -0.05) is 24.3 Å². The third-order valence-corrected chi connectivity index (χ3v) is 5.14. The molecule has 1 heterocycles. The summed E-state index contributed by atoms with van der Waals surface area (Å²) >= 11 is 4.60. The molecular formula is C21H24F3N5OS. The standard InChI is InChI=1S/C21H24F3N5OS/c1-30-19-5-3-2-4-16(19)14-28-8-10-29(11-9-28)17-7-6-15(13-26-27-20(25)31)18(12-17)21(22,23)24/h2-7,12-13H,8-11,14H2,1H3,(H3,25,27,31). The Hall–Kier alpha value is -2.85. The Labute approximate surface area is 184 Å². The second-order valence-electron chi connectivity index (χ2n) is 7.08. The van der Waals surface area contributed by atoms with E-state index in [1.54, 1.807) is 13.2 Å². The van der Waals surface area contributed by atoms with E-state index in [2.05, 4.69) is 27.6 Å². The van der Waals surface area contributed by atoms with E-state index in [0.29, 0.717) is 18.8 Å². The van der Waals surface area contributed by atoms with Crippen molar-refractivity contribution in [2.75, 3.05) is 38.2 Å². The number of hydrazone groups is 1. The first-order chi connectivity index (χ1) is 14.8. The molecule has 6 nitrogen and oxygen atoms in total. The predicted octanol–water partition coefficient (Wildman–Crippen LogP) is 3.20. The van der Waals surface area contributed by atoms with E-state index < -0.39 is 11.7 Å². The van der Waals surface area contributed by atoms with E-state index in [0.717, 1.165) is 43.2 Å². The van der Waals surface area contributed by atoms with Gasteiger partial charge in [-0.05, 0) is 30.4 Å². The largest absolute Gasteiger partial charge is 0.496 e. The number of piperazine rings is 1. The van der Waals surface area contributed by atoms with Crippen LogP contribution < -0.4 is 20.8 Å². The lowest BCUT2D eigenvalue weighted by molar-refractivity contribution is -0.137. The number of anilines is 1. The van der Waals surface area contributed by atoms with Crippen LogP contribution in [-0.4, -0.2) is 49.5 Å². The minimum atomic E-state index is -4.51. The number of rotatable bonds is 6. The highest BCUT2D eigenvalue weighted by atomic mass is 32.1. The Morgan fingerprint density at radius 2 is 1.90 bits per heavy atom. The zero-order chi connectivity index (χ0) is 22.4. The van der Waals surface area contributed by atoms with Gasteiger partial charge in [0.15, 0.2) is 5.11 Å². The highest BCUT2D eigenvalue weighted by molar-refractivity contribution is 7.80. The fourth-order valence-corrected chi connectivity index (χ4v) is 3.56. The molecule has 0 saturated carbocycles. The predicted molar refractivity (Wildman–Crippen MR) is 119 cm³/mol. The Bertz CT molecular complexity index is 943. The number of hydrogen-bond acceptors (Lipinski definition) is 5. The van der Waals surface area contributed by atoms with Crippen molar-refractivity contribution in [3.8, 4) is 5.75 Å². The number of halogens is 3. The number of nitrogens with two attached hydrogens (primary N) is 1. The molecule has 2 aromatic rings. The van der Waals surface area contributed by atoms with E-state index in [1.807, 2.05) is 29.2 Å². The van der Waals surface area contributed by atoms with E-state index in [1.165, 1.54) is 6.07 Å². The van der Waals surface area contributed by atoms with Gasteiger partial charge in [-0.15, -0.1) is 0 Å². The summed E-state index contributed by atoms with van der Waals surface area (Å²) in [5.41, 5.74) is 8.32. The highest BCUT2D eigenvalue weighted by Crippen LogP contribution is 2.34. The summed E-state index contributed by atoms with van der Waals surface area (Å²) in [6, 6.07) is 12.1. The molecule has 3 rings (SSSR count). The number of thiocarbonyl (C=S) groups is 1. The maximum Gasteiger partial charge on any atom is 0.417 e.